The maximum atomic E-state index is 13.2. The Bertz CT molecular complexity index is 1250. The smallest absolute Gasteiger partial charge is 0.328 e. The Morgan fingerprint density at radius 3 is 1.83 bits per heavy atom. The number of carbonyl (C=O) groups excluding carboxylic acids is 3. The summed E-state index contributed by atoms with van der Waals surface area (Å²) >= 11 is 3.09. The highest BCUT2D eigenvalue weighted by Gasteiger charge is 2.27. The van der Waals surface area contributed by atoms with Gasteiger partial charge in [-0.15, -0.1) is 0 Å². The number of hydrogen-bond acceptors (Lipinski definition) is 7. The van der Waals surface area contributed by atoms with E-state index < -0.39 is 35.9 Å². The van der Waals surface area contributed by atoms with Gasteiger partial charge in [-0.05, 0) is 37.5 Å². The van der Waals surface area contributed by atoms with E-state index in [-0.39, 0.29) is 6.61 Å². The number of esters is 1. The molecule has 4 N–H and O–H groups in total. The van der Waals surface area contributed by atoms with E-state index in [0.29, 0.717) is 17.3 Å². The number of amides is 2. The molecule has 0 aromatic heterocycles. The molecule has 0 fully saturated rings. The van der Waals surface area contributed by atoms with Crippen LogP contribution in [0.2, 0.25) is 0 Å². The van der Waals surface area contributed by atoms with Gasteiger partial charge in [0.25, 0.3) is 0 Å². The molecule has 0 unspecified atom stereocenters. The van der Waals surface area contributed by atoms with E-state index in [1.165, 1.54) is 22.9 Å². The summed E-state index contributed by atoms with van der Waals surface area (Å²) in [6, 6.07) is 23.2. The van der Waals surface area contributed by atoms with E-state index in [4.69, 9.17) is 10.5 Å². The van der Waals surface area contributed by atoms with Crippen molar-refractivity contribution in [3.05, 3.63) is 107 Å². The molecular weight excluding hydrogens is 555 g/mol. The van der Waals surface area contributed by atoms with Crippen molar-refractivity contribution in [1.82, 2.24) is 10.6 Å². The van der Waals surface area contributed by atoms with Crippen LogP contribution in [-0.4, -0.2) is 47.4 Å². The fourth-order valence-corrected chi connectivity index (χ4v) is 5.70. The fourth-order valence-electron chi connectivity index (χ4n) is 3.73. The van der Waals surface area contributed by atoms with Crippen molar-refractivity contribution in [3.63, 3.8) is 0 Å². The molecule has 0 aliphatic carbocycles. The standard InChI is InChI=1S/C32H39N3O4S2/c1-22-9-13-26(14-10-22)18-40-20-28(33)30(36)35-29(21-41-19-27-15-11-23(2)12-16-27)31(37)34-24(3)32(38)39-17-25-7-5-4-6-8-25/h4-16,24,28-29H,17-21,33H2,1-3H3,(H,34,37)(H,35,36)/t24-,28-,29-/m0/s1. The molecule has 41 heavy (non-hydrogen) atoms. The maximum Gasteiger partial charge on any atom is 0.328 e. The van der Waals surface area contributed by atoms with Crippen molar-refractivity contribution in [2.45, 2.75) is 57.0 Å². The van der Waals surface area contributed by atoms with Gasteiger partial charge in [0.05, 0.1) is 6.04 Å². The first kappa shape index (κ1) is 32.2. The first-order valence-electron chi connectivity index (χ1n) is 13.5. The summed E-state index contributed by atoms with van der Waals surface area (Å²) < 4.78 is 5.36. The van der Waals surface area contributed by atoms with E-state index in [2.05, 4.69) is 34.9 Å². The normalized spacial score (nSPS) is 13.1. The van der Waals surface area contributed by atoms with Crippen molar-refractivity contribution in [1.29, 1.82) is 0 Å². The summed E-state index contributed by atoms with van der Waals surface area (Å²) in [5.41, 5.74) is 11.7. The topological polar surface area (TPSA) is 111 Å². The summed E-state index contributed by atoms with van der Waals surface area (Å²) in [7, 11) is 0. The molecule has 0 radical (unpaired) electrons. The Kier molecular flexibility index (Phi) is 13.3. The summed E-state index contributed by atoms with van der Waals surface area (Å²) in [6.07, 6.45) is 0. The van der Waals surface area contributed by atoms with Crippen LogP contribution in [0.5, 0.6) is 0 Å². The van der Waals surface area contributed by atoms with Gasteiger partial charge in [0, 0.05) is 23.0 Å². The van der Waals surface area contributed by atoms with Crippen molar-refractivity contribution in [2.75, 3.05) is 11.5 Å². The van der Waals surface area contributed by atoms with Crippen molar-refractivity contribution in [3.8, 4) is 0 Å². The number of rotatable bonds is 15. The van der Waals surface area contributed by atoms with E-state index >= 15 is 0 Å². The van der Waals surface area contributed by atoms with Gasteiger partial charge in [0.15, 0.2) is 0 Å². The molecule has 0 aliphatic rings. The van der Waals surface area contributed by atoms with Gasteiger partial charge in [-0.25, -0.2) is 4.79 Å². The van der Waals surface area contributed by atoms with E-state index in [0.717, 1.165) is 22.4 Å². The number of hydrogen-bond donors (Lipinski definition) is 3. The SMILES string of the molecule is Cc1ccc(CSC[C@H](NC(=O)[C@@H](N)CSCc2ccc(C)cc2)C(=O)N[C@@H](C)C(=O)OCc2ccccc2)cc1. The highest BCUT2D eigenvalue weighted by molar-refractivity contribution is 7.98. The summed E-state index contributed by atoms with van der Waals surface area (Å²) in [5.74, 6) is 0.722. The third-order valence-electron chi connectivity index (χ3n) is 6.27. The van der Waals surface area contributed by atoms with Crippen LogP contribution in [-0.2, 0) is 37.2 Å². The third kappa shape index (κ3) is 11.6. The van der Waals surface area contributed by atoms with Crippen LogP contribution >= 0.6 is 23.5 Å². The molecule has 0 saturated heterocycles. The van der Waals surface area contributed by atoms with Gasteiger partial charge < -0.3 is 21.1 Å². The minimum absolute atomic E-state index is 0.113. The number of nitrogens with one attached hydrogen (secondary N) is 2. The predicted molar refractivity (Wildman–Crippen MR) is 168 cm³/mol. The van der Waals surface area contributed by atoms with Gasteiger partial charge in [0.2, 0.25) is 11.8 Å². The molecule has 218 valence electrons. The van der Waals surface area contributed by atoms with Crippen LogP contribution in [0.3, 0.4) is 0 Å². The Hall–Kier alpha value is -3.27. The molecule has 3 aromatic carbocycles. The molecule has 0 saturated carbocycles. The zero-order chi connectivity index (χ0) is 29.6. The van der Waals surface area contributed by atoms with Crippen LogP contribution in [0.15, 0.2) is 78.9 Å². The molecule has 0 spiro atoms. The largest absolute Gasteiger partial charge is 0.459 e. The Morgan fingerprint density at radius 1 is 0.732 bits per heavy atom. The number of carbonyl (C=O) groups is 3. The minimum atomic E-state index is -0.883. The molecule has 3 aromatic rings. The number of ether oxygens (including phenoxy) is 1. The lowest BCUT2D eigenvalue weighted by Crippen LogP contribution is -2.55. The highest BCUT2D eigenvalue weighted by Crippen LogP contribution is 2.16. The van der Waals surface area contributed by atoms with Crippen LogP contribution < -0.4 is 16.4 Å². The molecule has 0 bridgehead atoms. The Labute approximate surface area is 251 Å². The first-order chi connectivity index (χ1) is 19.7. The van der Waals surface area contributed by atoms with Crippen molar-refractivity contribution < 1.29 is 19.1 Å². The van der Waals surface area contributed by atoms with Crippen LogP contribution in [0.1, 0.15) is 34.7 Å². The second-order valence-electron chi connectivity index (χ2n) is 9.99. The second-order valence-corrected chi connectivity index (χ2v) is 12.1. The fraction of sp³-hybridized carbons (Fsp3) is 0.344. The lowest BCUT2D eigenvalue weighted by molar-refractivity contribution is -0.148. The zero-order valence-electron chi connectivity index (χ0n) is 23.8. The van der Waals surface area contributed by atoms with Crippen LogP contribution in [0.4, 0.5) is 0 Å². The van der Waals surface area contributed by atoms with Crippen molar-refractivity contribution >= 4 is 41.3 Å². The van der Waals surface area contributed by atoms with Gasteiger partial charge in [0.1, 0.15) is 18.7 Å². The number of nitrogens with two attached hydrogens (primary N) is 1. The Balaban J connectivity index is 1.54. The first-order valence-corrected chi connectivity index (χ1v) is 15.9. The molecule has 0 heterocycles. The number of aryl methyl sites for hydroxylation is 2. The van der Waals surface area contributed by atoms with E-state index in [1.807, 2.05) is 68.4 Å². The predicted octanol–water partition coefficient (Wildman–Crippen LogP) is 4.53. The van der Waals surface area contributed by atoms with E-state index in [1.54, 1.807) is 18.7 Å². The monoisotopic (exact) mass is 593 g/mol. The quantitative estimate of drug-likeness (QED) is 0.222. The number of benzene rings is 3. The Morgan fingerprint density at radius 2 is 1.27 bits per heavy atom. The highest BCUT2D eigenvalue weighted by atomic mass is 32.2. The molecule has 3 atom stereocenters. The lowest BCUT2D eigenvalue weighted by atomic mass is 10.2. The molecule has 2 amide bonds. The van der Waals surface area contributed by atoms with Gasteiger partial charge in [-0.3, -0.25) is 9.59 Å². The van der Waals surface area contributed by atoms with Gasteiger partial charge in [-0.2, -0.15) is 23.5 Å². The third-order valence-corrected chi connectivity index (χ3v) is 8.51. The van der Waals surface area contributed by atoms with Crippen LogP contribution in [0.25, 0.3) is 0 Å². The summed E-state index contributed by atoms with van der Waals surface area (Å²) in [4.78, 5) is 38.7. The number of thioether (sulfide) groups is 2. The van der Waals surface area contributed by atoms with Gasteiger partial charge in [-0.1, -0.05) is 90.0 Å². The average Bonchev–Trinajstić information content (AvgIpc) is 2.97. The van der Waals surface area contributed by atoms with Crippen LogP contribution in [0, 0.1) is 13.8 Å². The molecule has 9 heteroatoms. The maximum absolute atomic E-state index is 13.2. The minimum Gasteiger partial charge on any atom is -0.459 e. The lowest BCUT2D eigenvalue weighted by Gasteiger charge is -2.22. The van der Waals surface area contributed by atoms with Crippen molar-refractivity contribution in [2.24, 2.45) is 5.73 Å². The molecule has 3 rings (SSSR count). The van der Waals surface area contributed by atoms with E-state index in [9.17, 15) is 14.4 Å². The average molecular weight is 594 g/mol. The van der Waals surface area contributed by atoms with Gasteiger partial charge >= 0.3 is 5.97 Å². The second kappa shape index (κ2) is 16.9. The molecule has 0 aliphatic heterocycles. The summed E-state index contributed by atoms with van der Waals surface area (Å²) in [5, 5.41) is 5.51. The molecular formula is C32H39N3O4S2. The zero-order valence-corrected chi connectivity index (χ0v) is 25.4. The molecule has 7 nitrogen and oxygen atoms in total. The summed E-state index contributed by atoms with van der Waals surface area (Å²) in [6.45, 7) is 5.75.